The second-order valence-corrected chi connectivity index (χ2v) is 7.03. The predicted molar refractivity (Wildman–Crippen MR) is 98.0 cm³/mol. The zero-order chi connectivity index (χ0) is 19.6. The Labute approximate surface area is 156 Å². The second kappa shape index (κ2) is 7.33. The number of urea groups is 1. The van der Waals surface area contributed by atoms with Crippen LogP contribution in [0.15, 0.2) is 36.4 Å². The van der Waals surface area contributed by atoms with E-state index in [1.807, 2.05) is 24.3 Å². The highest BCUT2D eigenvalue weighted by Gasteiger charge is 2.26. The zero-order valence-electron chi connectivity index (χ0n) is 14.8. The molecule has 0 radical (unpaired) electrons. The summed E-state index contributed by atoms with van der Waals surface area (Å²) in [7, 11) is -1.26. The molecule has 10 heteroatoms. The van der Waals surface area contributed by atoms with Gasteiger partial charge in [0.05, 0.1) is 19.9 Å². The summed E-state index contributed by atoms with van der Waals surface area (Å²) in [6.45, 7) is 0.685. The van der Waals surface area contributed by atoms with Crippen LogP contribution in [0.3, 0.4) is 0 Å². The third-order valence-electron chi connectivity index (χ3n) is 3.99. The van der Waals surface area contributed by atoms with Crippen molar-refractivity contribution in [1.82, 2.24) is 4.90 Å². The van der Waals surface area contributed by atoms with Crippen molar-refractivity contribution in [1.29, 1.82) is 0 Å². The van der Waals surface area contributed by atoms with Crippen LogP contribution >= 0.6 is 0 Å². The van der Waals surface area contributed by atoms with Crippen molar-refractivity contribution in [3.63, 3.8) is 0 Å². The molecule has 0 bridgehead atoms. The smallest absolute Gasteiger partial charge is 0.380 e. The van der Waals surface area contributed by atoms with E-state index in [0.29, 0.717) is 24.5 Å². The lowest BCUT2D eigenvalue weighted by molar-refractivity contribution is 0.203. The lowest BCUT2D eigenvalue weighted by Gasteiger charge is -2.30. The SMILES string of the molecule is COc1cccc(CN2Cc3cc(OC)c(OS(N)(=O)=O)cc3NC2=O)c1. The van der Waals surface area contributed by atoms with E-state index in [-0.39, 0.29) is 17.5 Å². The molecule has 0 saturated carbocycles. The molecular weight excluding hydrogens is 374 g/mol. The molecule has 1 aliphatic heterocycles. The first-order valence-electron chi connectivity index (χ1n) is 7.91. The Bertz CT molecular complexity index is 977. The third kappa shape index (κ3) is 4.41. The molecule has 0 aromatic heterocycles. The highest BCUT2D eigenvalue weighted by Crippen LogP contribution is 2.37. The van der Waals surface area contributed by atoms with E-state index >= 15 is 0 Å². The molecular formula is C17H19N3O6S. The number of nitrogens with two attached hydrogens (primary N) is 1. The summed E-state index contributed by atoms with van der Waals surface area (Å²) in [6, 6.07) is 10.1. The number of anilines is 1. The minimum atomic E-state index is -4.22. The minimum absolute atomic E-state index is 0.0969. The number of carbonyl (C=O) groups excluding carboxylic acids is 1. The van der Waals surface area contributed by atoms with Gasteiger partial charge in [0.25, 0.3) is 0 Å². The second-order valence-electron chi connectivity index (χ2n) is 5.87. The van der Waals surface area contributed by atoms with Crippen LogP contribution in [0.5, 0.6) is 17.2 Å². The molecule has 2 aromatic carbocycles. The molecule has 0 fully saturated rings. The Morgan fingerprint density at radius 2 is 1.93 bits per heavy atom. The summed E-state index contributed by atoms with van der Waals surface area (Å²) in [5.74, 6) is 0.803. The number of carbonyl (C=O) groups is 1. The molecule has 2 aromatic rings. The van der Waals surface area contributed by atoms with Crippen LogP contribution in [0.25, 0.3) is 0 Å². The molecule has 3 rings (SSSR count). The minimum Gasteiger partial charge on any atom is -0.497 e. The molecule has 0 aliphatic carbocycles. The molecule has 1 aliphatic rings. The van der Waals surface area contributed by atoms with Crippen molar-refractivity contribution in [2.45, 2.75) is 13.1 Å². The monoisotopic (exact) mass is 393 g/mol. The van der Waals surface area contributed by atoms with Crippen molar-refractivity contribution in [2.24, 2.45) is 5.14 Å². The summed E-state index contributed by atoms with van der Waals surface area (Å²) in [4.78, 5) is 14.0. The average molecular weight is 393 g/mol. The van der Waals surface area contributed by atoms with Gasteiger partial charge in [0.2, 0.25) is 0 Å². The molecule has 3 N–H and O–H groups in total. The highest BCUT2D eigenvalue weighted by atomic mass is 32.2. The Balaban J connectivity index is 1.86. The zero-order valence-corrected chi connectivity index (χ0v) is 15.6. The van der Waals surface area contributed by atoms with E-state index in [0.717, 1.165) is 11.1 Å². The molecule has 9 nitrogen and oxygen atoms in total. The van der Waals surface area contributed by atoms with E-state index in [9.17, 15) is 13.2 Å². The Kier molecular flexibility index (Phi) is 5.10. The fourth-order valence-corrected chi connectivity index (χ4v) is 3.17. The van der Waals surface area contributed by atoms with Gasteiger partial charge in [-0.2, -0.15) is 13.6 Å². The first-order chi connectivity index (χ1) is 12.8. The normalized spacial score (nSPS) is 13.6. The molecule has 27 heavy (non-hydrogen) atoms. The topological polar surface area (TPSA) is 120 Å². The van der Waals surface area contributed by atoms with Crippen molar-refractivity contribution in [2.75, 3.05) is 19.5 Å². The molecule has 0 unspecified atom stereocenters. The average Bonchev–Trinajstić information content (AvgIpc) is 2.61. The van der Waals surface area contributed by atoms with Gasteiger partial charge in [-0.05, 0) is 29.3 Å². The fraction of sp³-hybridized carbons (Fsp3) is 0.235. The van der Waals surface area contributed by atoms with Crippen LogP contribution < -0.4 is 24.1 Å². The van der Waals surface area contributed by atoms with Crippen molar-refractivity contribution in [3.05, 3.63) is 47.5 Å². The maximum Gasteiger partial charge on any atom is 0.380 e. The lowest BCUT2D eigenvalue weighted by Crippen LogP contribution is -2.38. The van der Waals surface area contributed by atoms with E-state index < -0.39 is 10.3 Å². The molecule has 2 amide bonds. The quantitative estimate of drug-likeness (QED) is 0.773. The number of benzene rings is 2. The number of fused-ring (bicyclic) bond motifs is 1. The Morgan fingerprint density at radius 3 is 2.59 bits per heavy atom. The largest absolute Gasteiger partial charge is 0.497 e. The van der Waals surface area contributed by atoms with Crippen LogP contribution in [-0.4, -0.2) is 33.6 Å². The van der Waals surface area contributed by atoms with Crippen LogP contribution in [0.4, 0.5) is 10.5 Å². The number of amides is 2. The number of nitrogens with one attached hydrogen (secondary N) is 1. The van der Waals surface area contributed by atoms with Gasteiger partial charge in [0.1, 0.15) is 5.75 Å². The van der Waals surface area contributed by atoms with Crippen molar-refractivity contribution in [3.8, 4) is 17.2 Å². The Hall–Kier alpha value is -2.98. The molecule has 1 heterocycles. The van der Waals surface area contributed by atoms with Crippen LogP contribution in [0.1, 0.15) is 11.1 Å². The number of nitrogens with zero attached hydrogens (tertiary/aromatic N) is 1. The van der Waals surface area contributed by atoms with E-state index in [2.05, 4.69) is 5.32 Å². The molecule has 144 valence electrons. The van der Waals surface area contributed by atoms with Gasteiger partial charge in [-0.15, -0.1) is 0 Å². The number of hydrogen-bond donors (Lipinski definition) is 2. The van der Waals surface area contributed by atoms with Gasteiger partial charge in [-0.1, -0.05) is 12.1 Å². The maximum absolute atomic E-state index is 12.4. The first-order valence-corrected chi connectivity index (χ1v) is 9.38. The van der Waals surface area contributed by atoms with Gasteiger partial charge in [-0.3, -0.25) is 0 Å². The molecule has 0 saturated heterocycles. The predicted octanol–water partition coefficient (Wildman–Crippen LogP) is 1.83. The molecule has 0 spiro atoms. The van der Waals surface area contributed by atoms with Crippen LogP contribution in [0.2, 0.25) is 0 Å². The third-order valence-corrected chi connectivity index (χ3v) is 4.40. The number of ether oxygens (including phenoxy) is 2. The lowest BCUT2D eigenvalue weighted by atomic mass is 10.1. The van der Waals surface area contributed by atoms with E-state index in [1.54, 1.807) is 18.1 Å². The van der Waals surface area contributed by atoms with Crippen molar-refractivity contribution < 1.29 is 26.9 Å². The number of rotatable bonds is 6. The highest BCUT2D eigenvalue weighted by molar-refractivity contribution is 7.84. The summed E-state index contributed by atoms with van der Waals surface area (Å²) in [5.41, 5.74) is 2.09. The van der Waals surface area contributed by atoms with Crippen LogP contribution in [-0.2, 0) is 23.4 Å². The van der Waals surface area contributed by atoms with Gasteiger partial charge in [0, 0.05) is 19.2 Å². The van der Waals surface area contributed by atoms with Gasteiger partial charge in [-0.25, -0.2) is 4.79 Å². The van der Waals surface area contributed by atoms with E-state index in [4.69, 9.17) is 18.8 Å². The first kappa shape index (κ1) is 18.8. The fourth-order valence-electron chi connectivity index (χ4n) is 2.79. The summed E-state index contributed by atoms with van der Waals surface area (Å²) in [5, 5.41) is 7.64. The van der Waals surface area contributed by atoms with Gasteiger partial charge < -0.3 is 23.9 Å². The van der Waals surface area contributed by atoms with E-state index in [1.165, 1.54) is 13.2 Å². The standard InChI is InChI=1S/C17H19N3O6S/c1-24-13-5-3-4-11(6-13)9-20-10-12-7-15(25-2)16(26-27(18,22)23)8-14(12)19-17(20)21/h3-8H,9-10H2,1-2H3,(H,19,21)(H2,18,22,23). The number of methoxy groups -OCH3 is 2. The summed E-state index contributed by atoms with van der Waals surface area (Å²) < 4.78 is 37.5. The Morgan fingerprint density at radius 1 is 1.15 bits per heavy atom. The maximum atomic E-state index is 12.4. The van der Waals surface area contributed by atoms with Gasteiger partial charge in [0.15, 0.2) is 11.5 Å². The summed E-state index contributed by atoms with van der Waals surface area (Å²) in [6.07, 6.45) is 0. The van der Waals surface area contributed by atoms with Gasteiger partial charge >= 0.3 is 16.3 Å². The molecule has 0 atom stereocenters. The van der Waals surface area contributed by atoms with Crippen molar-refractivity contribution >= 4 is 22.0 Å². The summed E-state index contributed by atoms with van der Waals surface area (Å²) >= 11 is 0. The number of hydrogen-bond acceptors (Lipinski definition) is 6. The van der Waals surface area contributed by atoms with Crippen LogP contribution in [0, 0.1) is 0 Å².